The number of primary amides is 1. The fourth-order valence-electron chi connectivity index (χ4n) is 2.49. The Bertz CT molecular complexity index is 1010. The number of alkyl halides is 2. The molecule has 2 heterocycles. The van der Waals surface area contributed by atoms with E-state index in [1.54, 1.807) is 22.8 Å². The summed E-state index contributed by atoms with van der Waals surface area (Å²) in [6, 6.07) is 9.24. The van der Waals surface area contributed by atoms with Gasteiger partial charge in [0.25, 0.3) is 0 Å². The summed E-state index contributed by atoms with van der Waals surface area (Å²) < 4.78 is 36.3. The van der Waals surface area contributed by atoms with Crippen molar-refractivity contribution in [1.29, 1.82) is 0 Å². The number of furan rings is 1. The number of ether oxygens (including phenoxy) is 1. The number of nitrogens with one attached hydrogen (secondary N) is 1. The smallest absolute Gasteiger partial charge is 0.387 e. The first-order valence-corrected chi connectivity index (χ1v) is 9.64. The molecule has 0 aliphatic carbocycles. The van der Waals surface area contributed by atoms with Crippen LogP contribution in [0.5, 0.6) is 5.75 Å². The number of halogens is 2. The summed E-state index contributed by atoms with van der Waals surface area (Å²) in [5.41, 5.74) is 5.35. The van der Waals surface area contributed by atoms with E-state index in [-0.39, 0.29) is 30.2 Å². The summed E-state index contributed by atoms with van der Waals surface area (Å²) in [7, 11) is 0. The second-order valence-electron chi connectivity index (χ2n) is 5.86. The average Bonchev–Trinajstić information content (AvgIpc) is 3.35. The molecule has 12 heteroatoms. The van der Waals surface area contributed by atoms with Crippen molar-refractivity contribution in [1.82, 2.24) is 14.8 Å². The minimum atomic E-state index is -3.01. The van der Waals surface area contributed by atoms with Gasteiger partial charge in [0, 0.05) is 13.0 Å². The van der Waals surface area contributed by atoms with Gasteiger partial charge >= 0.3 is 6.61 Å². The predicted molar refractivity (Wildman–Crippen MR) is 104 cm³/mol. The lowest BCUT2D eigenvalue weighted by atomic mass is 10.3. The highest BCUT2D eigenvalue weighted by Crippen LogP contribution is 2.27. The molecular weight excluding hydrogens is 420 g/mol. The van der Waals surface area contributed by atoms with Gasteiger partial charge in [-0.15, -0.1) is 10.2 Å². The van der Waals surface area contributed by atoms with Gasteiger partial charge in [-0.2, -0.15) is 8.78 Å². The highest BCUT2D eigenvalue weighted by atomic mass is 32.2. The van der Waals surface area contributed by atoms with Crippen molar-refractivity contribution in [3.63, 3.8) is 0 Å². The van der Waals surface area contributed by atoms with E-state index >= 15 is 0 Å². The van der Waals surface area contributed by atoms with Gasteiger partial charge < -0.3 is 20.2 Å². The Kier molecular flexibility index (Phi) is 7.01. The van der Waals surface area contributed by atoms with Crippen molar-refractivity contribution in [2.45, 2.75) is 24.7 Å². The highest BCUT2D eigenvalue weighted by Gasteiger charge is 2.18. The van der Waals surface area contributed by atoms with Gasteiger partial charge in [-0.1, -0.05) is 23.9 Å². The Morgan fingerprint density at radius 1 is 1.23 bits per heavy atom. The molecule has 0 fully saturated rings. The van der Waals surface area contributed by atoms with Crippen LogP contribution < -0.4 is 15.8 Å². The van der Waals surface area contributed by atoms with Crippen molar-refractivity contribution in [2.24, 2.45) is 5.73 Å². The van der Waals surface area contributed by atoms with E-state index in [1.165, 1.54) is 24.5 Å². The van der Waals surface area contributed by atoms with Crippen molar-refractivity contribution in [2.75, 3.05) is 11.1 Å². The van der Waals surface area contributed by atoms with Gasteiger partial charge in [-0.25, -0.2) is 0 Å². The van der Waals surface area contributed by atoms with E-state index in [1.807, 2.05) is 0 Å². The minimum Gasteiger partial charge on any atom is -0.461 e. The molecule has 0 saturated carbocycles. The first-order valence-electron chi connectivity index (χ1n) is 8.66. The van der Waals surface area contributed by atoms with Gasteiger partial charge in [0.15, 0.2) is 16.7 Å². The van der Waals surface area contributed by atoms with Gasteiger partial charge in [-0.05, 0) is 24.3 Å². The molecule has 0 unspecified atom stereocenters. The third-order valence-corrected chi connectivity index (χ3v) is 4.72. The standard InChI is InChI=1S/C18H17F2N5O4S/c19-17(20)29-12-5-2-1-4-11(12)22-15(27)10-30-18-24-23-16(13-6-3-9-28-13)25(18)8-7-14(21)26/h1-6,9,17H,7-8,10H2,(H2,21,26)(H,22,27). The van der Waals surface area contributed by atoms with Crippen molar-refractivity contribution in [3.8, 4) is 17.3 Å². The number of para-hydroxylation sites is 2. The second-order valence-corrected chi connectivity index (χ2v) is 6.81. The summed E-state index contributed by atoms with van der Waals surface area (Å²) in [6.07, 6.45) is 1.52. The minimum absolute atomic E-state index is 0.0455. The summed E-state index contributed by atoms with van der Waals surface area (Å²) >= 11 is 1.06. The molecule has 30 heavy (non-hydrogen) atoms. The Morgan fingerprint density at radius 2 is 2.03 bits per heavy atom. The van der Waals surface area contributed by atoms with Crippen molar-refractivity contribution >= 4 is 29.3 Å². The predicted octanol–water partition coefficient (Wildman–Crippen LogP) is 2.75. The Labute approximate surface area is 173 Å². The van der Waals surface area contributed by atoms with Crippen LogP contribution in [0.3, 0.4) is 0 Å². The molecule has 9 nitrogen and oxygen atoms in total. The number of rotatable bonds is 10. The van der Waals surface area contributed by atoms with Crippen molar-refractivity contribution < 1.29 is 27.5 Å². The number of carbonyl (C=O) groups is 2. The fraction of sp³-hybridized carbons (Fsp3) is 0.222. The molecule has 0 atom stereocenters. The number of hydrogen-bond donors (Lipinski definition) is 2. The summed E-state index contributed by atoms with van der Waals surface area (Å²) in [4.78, 5) is 23.5. The van der Waals surface area contributed by atoms with E-state index in [2.05, 4.69) is 20.3 Å². The number of aromatic nitrogens is 3. The average molecular weight is 437 g/mol. The van der Waals surface area contributed by atoms with Crippen molar-refractivity contribution in [3.05, 3.63) is 42.7 Å². The molecule has 3 N–H and O–H groups in total. The molecule has 2 aromatic heterocycles. The Hall–Kier alpha value is -3.41. The molecule has 0 spiro atoms. The summed E-state index contributed by atoms with van der Waals surface area (Å²) in [5.74, 6) is -0.361. The van der Waals surface area contributed by atoms with Gasteiger partial charge in [0.1, 0.15) is 5.75 Å². The van der Waals surface area contributed by atoms with Crippen LogP contribution in [0, 0.1) is 0 Å². The van der Waals surface area contributed by atoms with E-state index in [0.29, 0.717) is 16.7 Å². The molecule has 2 amide bonds. The summed E-state index contributed by atoms with van der Waals surface area (Å²) in [5, 5.41) is 11.0. The van der Waals surface area contributed by atoms with Crippen LogP contribution in [0.2, 0.25) is 0 Å². The number of nitrogens with two attached hydrogens (primary N) is 1. The molecule has 3 aromatic rings. The van der Waals surface area contributed by atoms with Crippen LogP contribution in [0.4, 0.5) is 14.5 Å². The zero-order chi connectivity index (χ0) is 21.5. The molecule has 0 radical (unpaired) electrons. The third-order valence-electron chi connectivity index (χ3n) is 3.75. The van der Waals surface area contributed by atoms with Crippen LogP contribution in [0.25, 0.3) is 11.6 Å². The molecule has 0 bridgehead atoms. The molecule has 0 aliphatic heterocycles. The van der Waals surface area contributed by atoms with Gasteiger partial charge in [-0.3, -0.25) is 14.2 Å². The lowest BCUT2D eigenvalue weighted by molar-refractivity contribution is -0.118. The van der Waals surface area contributed by atoms with Crippen LogP contribution in [0.15, 0.2) is 52.2 Å². The molecule has 158 valence electrons. The van der Waals surface area contributed by atoms with Crippen LogP contribution >= 0.6 is 11.8 Å². The number of hydrogen-bond acceptors (Lipinski definition) is 7. The topological polar surface area (TPSA) is 125 Å². The first kappa shape index (κ1) is 21.3. The Balaban J connectivity index is 1.69. The van der Waals surface area contributed by atoms with Crippen LogP contribution in [0.1, 0.15) is 6.42 Å². The number of nitrogens with zero attached hydrogens (tertiary/aromatic N) is 3. The maximum absolute atomic E-state index is 12.5. The van der Waals surface area contributed by atoms with E-state index in [4.69, 9.17) is 10.2 Å². The van der Waals surface area contributed by atoms with Gasteiger partial charge in [0.2, 0.25) is 11.8 Å². The number of anilines is 1. The maximum atomic E-state index is 12.5. The Morgan fingerprint density at radius 3 is 2.73 bits per heavy atom. The zero-order valence-corrected chi connectivity index (χ0v) is 16.3. The quantitative estimate of drug-likeness (QED) is 0.467. The number of carbonyl (C=O) groups excluding carboxylic acids is 2. The summed E-state index contributed by atoms with van der Waals surface area (Å²) in [6.45, 7) is -2.81. The van der Waals surface area contributed by atoms with E-state index in [9.17, 15) is 18.4 Å². The first-order chi connectivity index (χ1) is 14.4. The van der Waals surface area contributed by atoms with Crippen LogP contribution in [-0.2, 0) is 16.1 Å². The van der Waals surface area contributed by atoms with E-state index < -0.39 is 18.4 Å². The number of thioether (sulfide) groups is 1. The normalized spacial score (nSPS) is 10.9. The zero-order valence-electron chi connectivity index (χ0n) is 15.5. The molecule has 3 rings (SSSR count). The number of benzene rings is 1. The fourth-order valence-corrected chi connectivity index (χ4v) is 3.26. The van der Waals surface area contributed by atoms with Crippen LogP contribution in [-0.4, -0.2) is 38.9 Å². The second kappa shape index (κ2) is 9.87. The molecule has 1 aromatic carbocycles. The monoisotopic (exact) mass is 437 g/mol. The lowest BCUT2D eigenvalue weighted by Gasteiger charge is -2.11. The maximum Gasteiger partial charge on any atom is 0.387 e. The number of amides is 2. The molecule has 0 saturated heterocycles. The molecular formula is C18H17F2N5O4S. The SMILES string of the molecule is NC(=O)CCn1c(SCC(=O)Nc2ccccc2OC(F)F)nnc1-c1ccco1. The largest absolute Gasteiger partial charge is 0.461 e. The van der Waals surface area contributed by atoms with Gasteiger partial charge in [0.05, 0.1) is 17.7 Å². The molecule has 0 aliphatic rings. The third kappa shape index (κ3) is 5.56. The lowest BCUT2D eigenvalue weighted by Crippen LogP contribution is -2.17. The highest BCUT2D eigenvalue weighted by molar-refractivity contribution is 7.99. The van der Waals surface area contributed by atoms with E-state index in [0.717, 1.165) is 11.8 Å².